The quantitative estimate of drug-likeness (QED) is 0.800. The van der Waals surface area contributed by atoms with Gasteiger partial charge in [-0.25, -0.2) is 9.97 Å². The van der Waals surface area contributed by atoms with Gasteiger partial charge in [0.05, 0.1) is 6.54 Å². The molecule has 7 nitrogen and oxygen atoms in total. The third-order valence-electron chi connectivity index (χ3n) is 4.95. The molecular formula is C20H27N5O2. The van der Waals surface area contributed by atoms with Crippen molar-refractivity contribution in [3.8, 4) is 5.75 Å². The Labute approximate surface area is 160 Å². The second-order valence-corrected chi connectivity index (χ2v) is 6.88. The maximum Gasteiger partial charge on any atom is 0.260 e. The van der Waals surface area contributed by atoms with E-state index in [1.807, 2.05) is 36.2 Å². The molecule has 1 saturated heterocycles. The zero-order chi connectivity index (χ0) is 19.2. The molecule has 0 aliphatic carbocycles. The van der Waals surface area contributed by atoms with Crippen LogP contribution in [0.5, 0.6) is 5.75 Å². The van der Waals surface area contributed by atoms with E-state index >= 15 is 0 Å². The fraction of sp³-hybridized carbons (Fsp3) is 0.450. The van der Waals surface area contributed by atoms with Crippen LogP contribution in [-0.4, -0.2) is 58.5 Å². The Balaban J connectivity index is 1.47. The van der Waals surface area contributed by atoms with Crippen molar-refractivity contribution >= 4 is 11.7 Å². The number of hydrogen-bond acceptors (Lipinski definition) is 6. The Kier molecular flexibility index (Phi) is 6.24. The first-order valence-electron chi connectivity index (χ1n) is 9.32. The molecule has 1 aromatic heterocycles. The van der Waals surface area contributed by atoms with Crippen molar-refractivity contribution in [2.24, 2.45) is 0 Å². The first-order chi connectivity index (χ1) is 13.0. The zero-order valence-electron chi connectivity index (χ0n) is 16.0. The van der Waals surface area contributed by atoms with E-state index in [1.54, 1.807) is 12.3 Å². The van der Waals surface area contributed by atoms with E-state index in [9.17, 15) is 4.79 Å². The summed E-state index contributed by atoms with van der Waals surface area (Å²) in [6, 6.07) is 9.84. The highest BCUT2D eigenvalue weighted by molar-refractivity contribution is 5.78. The zero-order valence-corrected chi connectivity index (χ0v) is 16.0. The molecule has 0 radical (unpaired) electrons. The maximum absolute atomic E-state index is 12.5. The average Bonchev–Trinajstić information content (AvgIpc) is 3.17. The van der Waals surface area contributed by atoms with Crippen molar-refractivity contribution in [3.63, 3.8) is 0 Å². The van der Waals surface area contributed by atoms with E-state index in [-0.39, 0.29) is 18.6 Å². The Morgan fingerprint density at radius 3 is 2.81 bits per heavy atom. The number of likely N-dealkylation sites (N-methyl/N-ethyl adjacent to an activating group) is 1. The molecule has 7 heteroatoms. The number of likely N-dealkylation sites (tertiary alicyclic amines) is 1. The minimum absolute atomic E-state index is 0.0191. The molecule has 27 heavy (non-hydrogen) atoms. The van der Waals surface area contributed by atoms with Crippen molar-refractivity contribution in [2.75, 3.05) is 32.5 Å². The van der Waals surface area contributed by atoms with Crippen LogP contribution in [0.15, 0.2) is 36.5 Å². The van der Waals surface area contributed by atoms with Crippen LogP contribution in [0, 0.1) is 0 Å². The van der Waals surface area contributed by atoms with E-state index in [0.717, 1.165) is 25.1 Å². The molecule has 2 heterocycles. The van der Waals surface area contributed by atoms with E-state index in [4.69, 9.17) is 10.5 Å². The van der Waals surface area contributed by atoms with E-state index in [0.29, 0.717) is 24.7 Å². The standard InChI is InChI=1S/C20H27N5O2/c1-3-15-4-6-17(7-5-15)27-14-20(26)25-11-9-16(12-25)24(2)13-19-22-10-8-18(21)23-19/h4-8,10,16H,3,9,11-14H2,1-2H3,(H2,21,22,23)/t16-/m0/s1. The molecular weight excluding hydrogens is 342 g/mol. The number of hydrogen-bond donors (Lipinski definition) is 1. The van der Waals surface area contributed by atoms with Crippen LogP contribution in [-0.2, 0) is 17.8 Å². The summed E-state index contributed by atoms with van der Waals surface area (Å²) < 4.78 is 5.65. The summed E-state index contributed by atoms with van der Waals surface area (Å²) in [5.41, 5.74) is 6.96. The molecule has 1 aliphatic rings. The van der Waals surface area contributed by atoms with Crippen molar-refractivity contribution in [1.82, 2.24) is 19.8 Å². The molecule has 1 atom stereocenters. The number of anilines is 1. The molecule has 2 N–H and O–H groups in total. The van der Waals surface area contributed by atoms with Gasteiger partial charge in [0.2, 0.25) is 0 Å². The van der Waals surface area contributed by atoms with Gasteiger partial charge in [0.1, 0.15) is 17.4 Å². The van der Waals surface area contributed by atoms with Crippen LogP contribution in [0.3, 0.4) is 0 Å². The molecule has 1 aromatic carbocycles. The SMILES string of the molecule is CCc1ccc(OCC(=O)N2CC[C@H](N(C)Cc3nccc(N)n3)C2)cc1. The molecule has 0 spiro atoms. The predicted octanol–water partition coefficient (Wildman–Crippen LogP) is 1.73. The Morgan fingerprint density at radius 2 is 2.11 bits per heavy atom. The monoisotopic (exact) mass is 369 g/mol. The number of nitrogens with two attached hydrogens (primary N) is 1. The lowest BCUT2D eigenvalue weighted by molar-refractivity contribution is -0.132. The van der Waals surface area contributed by atoms with Crippen LogP contribution in [0.25, 0.3) is 0 Å². The highest BCUT2D eigenvalue weighted by atomic mass is 16.5. The Morgan fingerprint density at radius 1 is 1.33 bits per heavy atom. The van der Waals surface area contributed by atoms with Crippen LogP contribution in [0.4, 0.5) is 5.82 Å². The number of carbonyl (C=O) groups excluding carboxylic acids is 1. The normalized spacial score (nSPS) is 16.7. The van der Waals surface area contributed by atoms with Crippen molar-refractivity contribution in [3.05, 3.63) is 47.9 Å². The number of benzene rings is 1. The summed E-state index contributed by atoms with van der Waals surface area (Å²) in [5, 5.41) is 0. The number of nitrogen functional groups attached to an aromatic ring is 1. The largest absolute Gasteiger partial charge is 0.484 e. The topological polar surface area (TPSA) is 84.6 Å². The van der Waals surface area contributed by atoms with Crippen molar-refractivity contribution < 1.29 is 9.53 Å². The van der Waals surface area contributed by atoms with Gasteiger partial charge in [-0.15, -0.1) is 0 Å². The van der Waals surface area contributed by atoms with Gasteiger partial charge in [-0.3, -0.25) is 9.69 Å². The summed E-state index contributed by atoms with van der Waals surface area (Å²) >= 11 is 0. The van der Waals surface area contributed by atoms with Gasteiger partial charge in [0, 0.05) is 25.3 Å². The summed E-state index contributed by atoms with van der Waals surface area (Å²) in [7, 11) is 2.02. The van der Waals surface area contributed by atoms with Gasteiger partial charge in [-0.1, -0.05) is 19.1 Å². The molecule has 0 bridgehead atoms. The number of aromatic nitrogens is 2. The minimum atomic E-state index is 0.0191. The van der Waals surface area contributed by atoms with Gasteiger partial charge in [0.25, 0.3) is 5.91 Å². The molecule has 0 unspecified atom stereocenters. The molecule has 1 fully saturated rings. The number of carbonyl (C=O) groups is 1. The molecule has 1 amide bonds. The van der Waals surface area contributed by atoms with Gasteiger partial charge >= 0.3 is 0 Å². The van der Waals surface area contributed by atoms with E-state index in [2.05, 4.69) is 21.8 Å². The molecule has 144 valence electrons. The Hall–Kier alpha value is -2.67. The fourth-order valence-electron chi connectivity index (χ4n) is 3.23. The van der Waals surface area contributed by atoms with E-state index < -0.39 is 0 Å². The second-order valence-electron chi connectivity index (χ2n) is 6.88. The lowest BCUT2D eigenvalue weighted by atomic mass is 10.2. The van der Waals surface area contributed by atoms with Crippen LogP contribution >= 0.6 is 0 Å². The van der Waals surface area contributed by atoms with Crippen LogP contribution < -0.4 is 10.5 Å². The maximum atomic E-state index is 12.5. The highest BCUT2D eigenvalue weighted by Gasteiger charge is 2.29. The number of nitrogens with zero attached hydrogens (tertiary/aromatic N) is 4. The summed E-state index contributed by atoms with van der Waals surface area (Å²) in [5.74, 6) is 1.92. The van der Waals surface area contributed by atoms with Gasteiger partial charge in [-0.2, -0.15) is 0 Å². The van der Waals surface area contributed by atoms with Crippen molar-refractivity contribution in [2.45, 2.75) is 32.4 Å². The lowest BCUT2D eigenvalue weighted by Crippen LogP contribution is -2.38. The third-order valence-corrected chi connectivity index (χ3v) is 4.95. The number of aryl methyl sites for hydroxylation is 1. The molecule has 3 rings (SSSR count). The van der Waals surface area contributed by atoms with Gasteiger partial charge < -0.3 is 15.4 Å². The van der Waals surface area contributed by atoms with Crippen molar-refractivity contribution in [1.29, 1.82) is 0 Å². The number of rotatable bonds is 7. The fourth-order valence-corrected chi connectivity index (χ4v) is 3.23. The smallest absolute Gasteiger partial charge is 0.260 e. The van der Waals surface area contributed by atoms with Gasteiger partial charge in [-0.05, 0) is 43.7 Å². The first kappa shape index (κ1) is 19.1. The molecule has 2 aromatic rings. The second kappa shape index (κ2) is 8.81. The molecule has 1 aliphatic heterocycles. The average molecular weight is 369 g/mol. The van der Waals surface area contributed by atoms with Crippen LogP contribution in [0.2, 0.25) is 0 Å². The molecule has 0 saturated carbocycles. The Bertz CT molecular complexity index is 765. The summed E-state index contributed by atoms with van der Waals surface area (Å²) in [6.07, 6.45) is 3.58. The first-order valence-corrected chi connectivity index (χ1v) is 9.32. The number of ether oxygens (including phenoxy) is 1. The summed E-state index contributed by atoms with van der Waals surface area (Å²) in [6.45, 7) is 4.22. The lowest BCUT2D eigenvalue weighted by Gasteiger charge is -2.24. The van der Waals surface area contributed by atoms with Crippen LogP contribution in [0.1, 0.15) is 24.7 Å². The number of amides is 1. The third kappa shape index (κ3) is 5.17. The predicted molar refractivity (Wildman–Crippen MR) is 104 cm³/mol. The van der Waals surface area contributed by atoms with E-state index in [1.165, 1.54) is 5.56 Å². The summed E-state index contributed by atoms with van der Waals surface area (Å²) in [4.78, 5) is 25.0. The van der Waals surface area contributed by atoms with Gasteiger partial charge in [0.15, 0.2) is 6.61 Å². The highest BCUT2D eigenvalue weighted by Crippen LogP contribution is 2.17. The minimum Gasteiger partial charge on any atom is -0.484 e.